The summed E-state index contributed by atoms with van der Waals surface area (Å²) in [5.41, 5.74) is 1.07. The topological polar surface area (TPSA) is 24.4 Å². The Morgan fingerprint density at radius 3 is 2.92 bits per heavy atom. The van der Waals surface area contributed by atoms with E-state index < -0.39 is 0 Å². The van der Waals surface area contributed by atoms with Crippen LogP contribution in [0.3, 0.4) is 0 Å². The monoisotopic (exact) mass is 248 g/mol. The van der Waals surface area contributed by atoms with Crippen LogP contribution < -0.4 is 5.32 Å². The van der Waals surface area contributed by atoms with Gasteiger partial charge >= 0.3 is 0 Å². The van der Waals surface area contributed by atoms with Crippen LogP contribution in [0.2, 0.25) is 0 Å². The molecule has 0 bridgehead atoms. The number of benzene rings is 1. The molecule has 1 aliphatic rings. The number of hydrogen-bond acceptors (Lipinski definition) is 2. The SMILES string of the molecule is [Y].[c-]1ccccc1C1=NCCCN1. The third-order valence-corrected chi connectivity index (χ3v) is 1.86. The molecular formula is C10H11N2Y-. The van der Waals surface area contributed by atoms with Crippen LogP contribution >= 0.6 is 0 Å². The molecule has 1 heterocycles. The molecule has 1 aliphatic heterocycles. The Morgan fingerprint density at radius 2 is 2.31 bits per heavy atom. The maximum absolute atomic E-state index is 4.37. The van der Waals surface area contributed by atoms with Gasteiger partial charge in [-0.25, -0.2) is 0 Å². The van der Waals surface area contributed by atoms with E-state index >= 15 is 0 Å². The number of nitrogens with one attached hydrogen (secondary N) is 1. The van der Waals surface area contributed by atoms with Gasteiger partial charge in [-0.3, -0.25) is 0 Å². The molecule has 65 valence electrons. The van der Waals surface area contributed by atoms with Crippen LogP contribution in [0, 0.1) is 6.07 Å². The van der Waals surface area contributed by atoms with Gasteiger partial charge in [-0.1, -0.05) is 0 Å². The first-order valence-electron chi connectivity index (χ1n) is 4.22. The summed E-state index contributed by atoms with van der Waals surface area (Å²) in [7, 11) is 0. The third-order valence-electron chi connectivity index (χ3n) is 1.86. The quantitative estimate of drug-likeness (QED) is 0.742. The summed E-state index contributed by atoms with van der Waals surface area (Å²) in [5.74, 6) is 0.988. The van der Waals surface area contributed by atoms with Crippen molar-refractivity contribution < 1.29 is 32.7 Å². The fourth-order valence-corrected chi connectivity index (χ4v) is 1.25. The first-order chi connectivity index (χ1) is 5.97. The van der Waals surface area contributed by atoms with E-state index in [9.17, 15) is 0 Å². The molecule has 0 unspecified atom stereocenters. The predicted octanol–water partition coefficient (Wildman–Crippen LogP) is 1.22. The maximum Gasteiger partial charge on any atom is 0.0440 e. The van der Waals surface area contributed by atoms with E-state index in [4.69, 9.17) is 0 Å². The largest absolute Gasteiger partial charge is 0.409 e. The Kier molecular flexibility index (Phi) is 4.61. The number of aliphatic imine (C=N–C) groups is 1. The molecule has 3 heteroatoms. The van der Waals surface area contributed by atoms with Gasteiger partial charge < -0.3 is 10.3 Å². The molecule has 0 saturated carbocycles. The van der Waals surface area contributed by atoms with Gasteiger partial charge in [-0.15, -0.1) is 35.9 Å². The summed E-state index contributed by atoms with van der Waals surface area (Å²) in [6, 6.07) is 11.1. The van der Waals surface area contributed by atoms with Crippen molar-refractivity contribution in [2.24, 2.45) is 4.99 Å². The second-order valence-electron chi connectivity index (χ2n) is 2.79. The van der Waals surface area contributed by atoms with Crippen LogP contribution in [0.25, 0.3) is 0 Å². The molecule has 0 atom stereocenters. The van der Waals surface area contributed by atoms with Crippen molar-refractivity contribution in [1.29, 1.82) is 0 Å². The van der Waals surface area contributed by atoms with Gasteiger partial charge in [0.1, 0.15) is 0 Å². The molecular weight excluding hydrogens is 237 g/mol. The van der Waals surface area contributed by atoms with Crippen LogP contribution in [0.5, 0.6) is 0 Å². The fraction of sp³-hybridized carbons (Fsp3) is 0.300. The minimum Gasteiger partial charge on any atom is -0.409 e. The summed E-state index contributed by atoms with van der Waals surface area (Å²) < 4.78 is 0. The van der Waals surface area contributed by atoms with E-state index in [2.05, 4.69) is 16.4 Å². The standard InChI is InChI=1S/C10H11N2.Y/c1-2-5-9(6-3-1)10-11-7-4-8-12-10;/h1-3,5H,4,7-8H2,(H,11,12);/q-1;. The van der Waals surface area contributed by atoms with Crippen LogP contribution in [0.15, 0.2) is 29.3 Å². The van der Waals surface area contributed by atoms with Crippen molar-refractivity contribution in [3.05, 3.63) is 35.9 Å². The predicted molar refractivity (Wildman–Crippen MR) is 49.3 cm³/mol. The summed E-state index contributed by atoms with van der Waals surface area (Å²) in [5, 5.41) is 3.25. The molecule has 0 amide bonds. The molecule has 1 N–H and O–H groups in total. The van der Waals surface area contributed by atoms with Gasteiger partial charge in [0.2, 0.25) is 0 Å². The van der Waals surface area contributed by atoms with Crippen LogP contribution in [0.4, 0.5) is 0 Å². The number of amidine groups is 1. The molecule has 0 spiro atoms. The van der Waals surface area contributed by atoms with Crippen molar-refractivity contribution in [3.8, 4) is 0 Å². The number of hydrogen-bond donors (Lipinski definition) is 1. The van der Waals surface area contributed by atoms with Crippen molar-refractivity contribution >= 4 is 5.84 Å². The van der Waals surface area contributed by atoms with Gasteiger partial charge in [-0.05, 0) is 6.42 Å². The van der Waals surface area contributed by atoms with Gasteiger partial charge in [0, 0.05) is 51.6 Å². The normalized spacial score (nSPS) is 15.2. The van der Waals surface area contributed by atoms with Crippen LogP contribution in [-0.2, 0) is 32.7 Å². The molecule has 0 saturated heterocycles. The smallest absolute Gasteiger partial charge is 0.0440 e. The first-order valence-corrected chi connectivity index (χ1v) is 4.22. The minimum absolute atomic E-state index is 0. The summed E-state index contributed by atoms with van der Waals surface area (Å²) in [6.07, 6.45) is 1.14. The molecule has 0 aliphatic carbocycles. The van der Waals surface area contributed by atoms with E-state index in [0.717, 1.165) is 30.9 Å². The Balaban J connectivity index is 0.000000845. The average Bonchev–Trinajstić information content (AvgIpc) is 2.21. The van der Waals surface area contributed by atoms with Gasteiger partial charge in [0.05, 0.1) is 0 Å². The van der Waals surface area contributed by atoms with Gasteiger partial charge in [-0.2, -0.15) is 0 Å². The number of nitrogens with zero attached hydrogens (tertiary/aromatic N) is 1. The Hall–Kier alpha value is -0.206. The molecule has 2 rings (SSSR count). The molecule has 0 fully saturated rings. The molecule has 2 nitrogen and oxygen atoms in total. The van der Waals surface area contributed by atoms with Crippen LogP contribution in [0.1, 0.15) is 12.0 Å². The minimum atomic E-state index is 0. The Labute approximate surface area is 104 Å². The Bertz CT molecular complexity index is 282. The fourth-order valence-electron chi connectivity index (χ4n) is 1.25. The number of rotatable bonds is 1. The van der Waals surface area contributed by atoms with E-state index in [1.54, 1.807) is 0 Å². The van der Waals surface area contributed by atoms with Crippen molar-refractivity contribution in [2.45, 2.75) is 6.42 Å². The van der Waals surface area contributed by atoms with Crippen LogP contribution in [-0.4, -0.2) is 18.9 Å². The van der Waals surface area contributed by atoms with E-state index in [0.29, 0.717) is 0 Å². The maximum atomic E-state index is 4.37. The summed E-state index contributed by atoms with van der Waals surface area (Å²) in [6.45, 7) is 1.96. The first kappa shape index (κ1) is 10.9. The zero-order valence-electron chi connectivity index (χ0n) is 7.46. The molecule has 0 aromatic heterocycles. The molecule has 1 aromatic carbocycles. The third kappa shape index (κ3) is 2.89. The van der Waals surface area contributed by atoms with E-state index in [1.807, 2.05) is 24.3 Å². The van der Waals surface area contributed by atoms with Crippen molar-refractivity contribution in [3.63, 3.8) is 0 Å². The van der Waals surface area contributed by atoms with E-state index in [1.165, 1.54) is 0 Å². The van der Waals surface area contributed by atoms with Gasteiger partial charge in [0.15, 0.2) is 0 Å². The Morgan fingerprint density at radius 1 is 1.38 bits per heavy atom. The molecule has 13 heavy (non-hydrogen) atoms. The summed E-state index contributed by atoms with van der Waals surface area (Å²) >= 11 is 0. The zero-order valence-corrected chi connectivity index (χ0v) is 10.3. The second-order valence-corrected chi connectivity index (χ2v) is 2.79. The van der Waals surface area contributed by atoms with Crippen molar-refractivity contribution in [2.75, 3.05) is 13.1 Å². The van der Waals surface area contributed by atoms with E-state index in [-0.39, 0.29) is 32.7 Å². The van der Waals surface area contributed by atoms with Crippen molar-refractivity contribution in [1.82, 2.24) is 5.32 Å². The molecule has 1 radical (unpaired) electrons. The van der Waals surface area contributed by atoms with Gasteiger partial charge in [0.25, 0.3) is 0 Å². The summed E-state index contributed by atoms with van der Waals surface area (Å²) in [4.78, 5) is 4.37. The zero-order chi connectivity index (χ0) is 8.23. The average molecular weight is 248 g/mol. The molecule has 1 aromatic rings. The second kappa shape index (κ2) is 5.51.